The number of hydrogen-bond donors (Lipinski definition) is 1. The molecule has 5 nitrogen and oxygen atoms in total. The first kappa shape index (κ1) is 21.1. The molecule has 1 fully saturated rings. The molecule has 0 unspecified atom stereocenters. The number of hydrogen-bond acceptors (Lipinski definition) is 7. The number of aromatic nitrogens is 2. The minimum Gasteiger partial charge on any atom is -0.460 e. The van der Waals surface area contributed by atoms with E-state index in [1.165, 1.54) is 60.8 Å². The van der Waals surface area contributed by atoms with Crippen molar-refractivity contribution in [3.05, 3.63) is 35.4 Å². The lowest BCUT2D eigenvalue weighted by atomic mass is 9.87. The topological polar surface area (TPSA) is 64.1 Å². The van der Waals surface area contributed by atoms with Crippen LogP contribution < -0.4 is 5.32 Å². The highest BCUT2D eigenvalue weighted by Crippen LogP contribution is 2.28. The fraction of sp³-hybridized carbons (Fsp3) is 0.571. The molecule has 1 aliphatic carbocycles. The van der Waals surface area contributed by atoms with Crippen molar-refractivity contribution in [2.75, 3.05) is 11.1 Å². The molecule has 1 N–H and O–H groups in total. The first-order valence-corrected chi connectivity index (χ1v) is 11.7. The monoisotopic (exact) mass is 419 g/mol. The lowest BCUT2D eigenvalue weighted by molar-refractivity contribution is -0.141. The molecule has 0 spiro atoms. The van der Waals surface area contributed by atoms with Gasteiger partial charge in [0.25, 0.3) is 0 Å². The lowest BCUT2D eigenvalue weighted by Crippen LogP contribution is -2.21. The molecule has 0 saturated heterocycles. The summed E-state index contributed by atoms with van der Waals surface area (Å²) < 4.78 is 6.18. The minimum absolute atomic E-state index is 0.123. The van der Waals surface area contributed by atoms with Gasteiger partial charge in [0.05, 0.1) is 5.75 Å². The van der Waals surface area contributed by atoms with Crippen LogP contribution in [0.25, 0.3) is 0 Å². The zero-order valence-electron chi connectivity index (χ0n) is 16.9. The zero-order chi connectivity index (χ0) is 20.0. The van der Waals surface area contributed by atoms with Crippen molar-refractivity contribution >= 4 is 34.2 Å². The van der Waals surface area contributed by atoms with Crippen LogP contribution in [-0.4, -0.2) is 28.0 Å². The van der Waals surface area contributed by atoms with E-state index in [9.17, 15) is 4.79 Å². The van der Waals surface area contributed by atoms with Gasteiger partial charge in [-0.1, -0.05) is 87.4 Å². The summed E-state index contributed by atoms with van der Waals surface area (Å²) in [5.41, 5.74) is 2.39. The Bertz CT molecular complexity index is 763. The van der Waals surface area contributed by atoms with E-state index in [2.05, 4.69) is 48.4 Å². The van der Waals surface area contributed by atoms with Crippen LogP contribution in [0.1, 0.15) is 64.0 Å². The number of anilines is 1. The van der Waals surface area contributed by atoms with E-state index in [4.69, 9.17) is 4.74 Å². The maximum Gasteiger partial charge on any atom is 0.316 e. The third-order valence-corrected chi connectivity index (χ3v) is 6.83. The molecule has 7 heteroatoms. The minimum atomic E-state index is -0.234. The van der Waals surface area contributed by atoms with Gasteiger partial charge in [0.1, 0.15) is 6.61 Å². The molecule has 3 rings (SSSR count). The molecule has 1 aromatic carbocycles. The van der Waals surface area contributed by atoms with Gasteiger partial charge in [-0.3, -0.25) is 4.79 Å². The van der Waals surface area contributed by atoms with Gasteiger partial charge in [-0.25, -0.2) is 0 Å². The maximum atomic E-state index is 12.0. The Balaban J connectivity index is 1.39. The van der Waals surface area contributed by atoms with Gasteiger partial charge in [-0.2, -0.15) is 0 Å². The van der Waals surface area contributed by atoms with Crippen LogP contribution >= 0.6 is 23.1 Å². The Morgan fingerprint density at radius 2 is 1.89 bits per heavy atom. The Morgan fingerprint density at radius 3 is 2.57 bits per heavy atom. The SMILES string of the molecule is CC(C)(C)c1ccc(COC(=O)CSc2nnc(NC3CCCCC3)s2)cc1. The van der Waals surface area contributed by atoms with E-state index in [0.29, 0.717) is 12.6 Å². The molecule has 0 amide bonds. The van der Waals surface area contributed by atoms with Crippen LogP contribution in [0.5, 0.6) is 0 Å². The lowest BCUT2D eigenvalue weighted by Gasteiger charge is -2.21. The molecule has 0 aliphatic heterocycles. The van der Waals surface area contributed by atoms with Gasteiger partial charge >= 0.3 is 5.97 Å². The molecule has 28 heavy (non-hydrogen) atoms. The van der Waals surface area contributed by atoms with Crippen LogP contribution in [0.2, 0.25) is 0 Å². The number of rotatable bonds is 7. The number of nitrogens with zero attached hydrogens (tertiary/aromatic N) is 2. The van der Waals surface area contributed by atoms with E-state index in [-0.39, 0.29) is 17.1 Å². The average Bonchev–Trinajstić information content (AvgIpc) is 3.12. The predicted molar refractivity (Wildman–Crippen MR) is 116 cm³/mol. The summed E-state index contributed by atoms with van der Waals surface area (Å²) in [6.45, 7) is 6.85. The van der Waals surface area contributed by atoms with Crippen LogP contribution in [0.4, 0.5) is 5.13 Å². The fourth-order valence-corrected chi connectivity index (χ4v) is 4.80. The molecule has 152 valence electrons. The second-order valence-electron chi connectivity index (χ2n) is 8.25. The molecular formula is C21H29N3O2S2. The number of thioether (sulfide) groups is 1. The number of carbonyl (C=O) groups excluding carboxylic acids is 1. The van der Waals surface area contributed by atoms with Gasteiger partial charge < -0.3 is 10.1 Å². The molecular weight excluding hydrogens is 390 g/mol. The molecule has 1 saturated carbocycles. The summed E-state index contributed by atoms with van der Waals surface area (Å²) in [7, 11) is 0. The maximum absolute atomic E-state index is 12.0. The summed E-state index contributed by atoms with van der Waals surface area (Å²) in [5.74, 6) is 0.0138. The van der Waals surface area contributed by atoms with Gasteiger partial charge in [0.15, 0.2) is 4.34 Å². The highest BCUT2D eigenvalue weighted by atomic mass is 32.2. The molecule has 2 aromatic rings. The zero-order valence-corrected chi connectivity index (χ0v) is 18.5. The molecule has 1 aromatic heterocycles. The normalized spacial score (nSPS) is 15.4. The Morgan fingerprint density at radius 1 is 1.18 bits per heavy atom. The second kappa shape index (κ2) is 9.74. The summed E-state index contributed by atoms with van der Waals surface area (Å²) in [6.07, 6.45) is 6.29. The predicted octanol–water partition coefficient (Wildman–Crippen LogP) is 5.42. The molecule has 0 radical (unpaired) electrons. The van der Waals surface area contributed by atoms with Crippen molar-refractivity contribution in [3.8, 4) is 0 Å². The van der Waals surface area contributed by atoms with Crippen molar-refractivity contribution in [3.63, 3.8) is 0 Å². The highest BCUT2D eigenvalue weighted by molar-refractivity contribution is 8.01. The fourth-order valence-electron chi connectivity index (χ4n) is 3.18. The second-order valence-corrected chi connectivity index (χ2v) is 10.4. The highest BCUT2D eigenvalue weighted by Gasteiger charge is 2.16. The quantitative estimate of drug-likeness (QED) is 0.478. The Labute approximate surface area is 175 Å². The number of nitrogens with one attached hydrogen (secondary N) is 1. The summed E-state index contributed by atoms with van der Waals surface area (Å²) in [6, 6.07) is 8.75. The van der Waals surface area contributed by atoms with Crippen molar-refractivity contribution in [1.29, 1.82) is 0 Å². The Kier molecular flexibility index (Phi) is 7.35. The van der Waals surface area contributed by atoms with Crippen molar-refractivity contribution < 1.29 is 9.53 Å². The van der Waals surface area contributed by atoms with Gasteiger partial charge in [-0.05, 0) is 29.4 Å². The van der Waals surface area contributed by atoms with E-state index in [0.717, 1.165) is 15.0 Å². The van der Waals surface area contributed by atoms with Crippen molar-refractivity contribution in [1.82, 2.24) is 10.2 Å². The molecule has 1 aliphatic rings. The first-order valence-electron chi connectivity index (χ1n) is 9.88. The first-order chi connectivity index (χ1) is 13.4. The molecule has 1 heterocycles. The van der Waals surface area contributed by atoms with Crippen LogP contribution in [0.3, 0.4) is 0 Å². The third kappa shape index (κ3) is 6.48. The summed E-state index contributed by atoms with van der Waals surface area (Å²) >= 11 is 2.89. The third-order valence-electron chi connectivity index (χ3n) is 4.87. The van der Waals surface area contributed by atoms with Crippen molar-refractivity contribution in [2.45, 2.75) is 75.3 Å². The van der Waals surface area contributed by atoms with Crippen LogP contribution in [0, 0.1) is 0 Å². The standard InChI is InChI=1S/C21H29N3O2S2/c1-21(2,3)16-11-9-15(10-12-16)13-26-18(25)14-27-20-24-23-19(28-20)22-17-7-5-4-6-8-17/h9-12,17H,4-8,13-14H2,1-3H3,(H,22,23). The van der Waals surface area contributed by atoms with Gasteiger partial charge in [-0.15, -0.1) is 10.2 Å². The van der Waals surface area contributed by atoms with Crippen molar-refractivity contribution in [2.24, 2.45) is 0 Å². The summed E-state index contributed by atoms with van der Waals surface area (Å²) in [4.78, 5) is 12.0. The van der Waals surface area contributed by atoms with E-state index in [1.807, 2.05) is 12.1 Å². The van der Waals surface area contributed by atoms with E-state index >= 15 is 0 Å². The van der Waals surface area contributed by atoms with E-state index in [1.54, 1.807) is 0 Å². The molecule has 0 bridgehead atoms. The largest absolute Gasteiger partial charge is 0.460 e. The number of carbonyl (C=O) groups is 1. The summed E-state index contributed by atoms with van der Waals surface area (Å²) in [5, 5.41) is 12.7. The van der Waals surface area contributed by atoms with Gasteiger partial charge in [0, 0.05) is 6.04 Å². The smallest absolute Gasteiger partial charge is 0.316 e. The van der Waals surface area contributed by atoms with E-state index < -0.39 is 0 Å². The number of benzene rings is 1. The average molecular weight is 420 g/mol. The van der Waals surface area contributed by atoms with Gasteiger partial charge in [0.2, 0.25) is 5.13 Å². The van der Waals surface area contributed by atoms with Crippen LogP contribution in [0.15, 0.2) is 28.6 Å². The van der Waals surface area contributed by atoms with Crippen LogP contribution in [-0.2, 0) is 21.6 Å². The molecule has 0 atom stereocenters. The number of esters is 1. The Hall–Kier alpha value is -1.60. The number of ether oxygens (including phenoxy) is 1.